The molecule has 0 unspecified atom stereocenters. The number of fused-ring (bicyclic) bond motifs is 1. The number of aryl methyl sites for hydroxylation is 2. The molecule has 19 heavy (non-hydrogen) atoms. The Morgan fingerprint density at radius 2 is 1.89 bits per heavy atom. The normalized spacial score (nSPS) is 13.3. The van der Waals surface area contributed by atoms with Gasteiger partial charge in [-0.15, -0.1) is 0 Å². The van der Waals surface area contributed by atoms with E-state index in [1.54, 1.807) is 0 Å². The highest BCUT2D eigenvalue weighted by molar-refractivity contribution is 5.34. The molecule has 0 saturated carbocycles. The van der Waals surface area contributed by atoms with Crippen molar-refractivity contribution in [2.75, 3.05) is 6.61 Å². The van der Waals surface area contributed by atoms with E-state index in [4.69, 9.17) is 9.84 Å². The van der Waals surface area contributed by atoms with Gasteiger partial charge in [-0.2, -0.15) is 0 Å². The summed E-state index contributed by atoms with van der Waals surface area (Å²) in [4.78, 5) is 4.55. The highest BCUT2D eigenvalue weighted by atomic mass is 16.5. The van der Waals surface area contributed by atoms with E-state index < -0.39 is 0 Å². The van der Waals surface area contributed by atoms with Crippen molar-refractivity contribution >= 4 is 0 Å². The minimum atomic E-state index is 0.173. The lowest BCUT2D eigenvalue weighted by molar-refractivity contribution is 0.299. The van der Waals surface area contributed by atoms with Crippen LogP contribution in [0.5, 0.6) is 11.6 Å². The molecular weight excluding hydrogens is 238 g/mol. The number of hydrogen-bond acceptors (Lipinski definition) is 3. The van der Waals surface area contributed by atoms with Crippen molar-refractivity contribution in [1.29, 1.82) is 0 Å². The van der Waals surface area contributed by atoms with Gasteiger partial charge < -0.3 is 9.84 Å². The molecule has 1 aromatic heterocycles. The summed E-state index contributed by atoms with van der Waals surface area (Å²) < 4.78 is 5.76. The topological polar surface area (TPSA) is 42.4 Å². The zero-order valence-electron chi connectivity index (χ0n) is 10.8. The van der Waals surface area contributed by atoms with Crippen LogP contribution < -0.4 is 4.74 Å². The molecule has 1 aliphatic carbocycles. The first kappa shape index (κ1) is 12.2. The van der Waals surface area contributed by atoms with Gasteiger partial charge in [0.15, 0.2) is 0 Å². The molecule has 2 aromatic rings. The van der Waals surface area contributed by atoms with Gasteiger partial charge in [-0.3, -0.25) is 0 Å². The van der Waals surface area contributed by atoms with E-state index in [9.17, 15) is 0 Å². The SMILES string of the molecule is OCCc1ccc(Oc2ccc3c(n2)CCC3)cc1. The molecule has 1 aromatic carbocycles. The summed E-state index contributed by atoms with van der Waals surface area (Å²) in [7, 11) is 0. The fraction of sp³-hybridized carbons (Fsp3) is 0.312. The molecule has 3 rings (SSSR count). The van der Waals surface area contributed by atoms with Crippen LogP contribution in [0.3, 0.4) is 0 Å². The van der Waals surface area contributed by atoms with E-state index in [1.807, 2.05) is 30.3 Å². The second-order valence-corrected chi connectivity index (χ2v) is 4.83. The molecule has 0 amide bonds. The van der Waals surface area contributed by atoms with Crippen molar-refractivity contribution in [2.45, 2.75) is 25.7 Å². The van der Waals surface area contributed by atoms with Crippen molar-refractivity contribution in [3.63, 3.8) is 0 Å². The third-order valence-corrected chi connectivity index (χ3v) is 3.45. The number of pyridine rings is 1. The molecule has 0 saturated heterocycles. The fourth-order valence-corrected chi connectivity index (χ4v) is 2.43. The number of ether oxygens (including phenoxy) is 1. The zero-order chi connectivity index (χ0) is 13.1. The van der Waals surface area contributed by atoms with E-state index in [1.165, 1.54) is 17.7 Å². The van der Waals surface area contributed by atoms with E-state index >= 15 is 0 Å². The molecule has 0 bridgehead atoms. The lowest BCUT2D eigenvalue weighted by Crippen LogP contribution is -1.94. The Kier molecular flexibility index (Phi) is 3.47. The predicted octanol–water partition coefficient (Wildman–Crippen LogP) is 2.90. The van der Waals surface area contributed by atoms with Crippen molar-refractivity contribution in [1.82, 2.24) is 4.98 Å². The quantitative estimate of drug-likeness (QED) is 0.913. The minimum Gasteiger partial charge on any atom is -0.439 e. The summed E-state index contributed by atoms with van der Waals surface area (Å²) in [6, 6.07) is 11.8. The molecule has 0 radical (unpaired) electrons. The maximum Gasteiger partial charge on any atom is 0.219 e. The number of rotatable bonds is 4. The van der Waals surface area contributed by atoms with Crippen LogP contribution in [0.4, 0.5) is 0 Å². The van der Waals surface area contributed by atoms with Crippen molar-refractivity contribution < 1.29 is 9.84 Å². The van der Waals surface area contributed by atoms with Crippen LogP contribution in [0.15, 0.2) is 36.4 Å². The van der Waals surface area contributed by atoms with Crippen molar-refractivity contribution in [3.8, 4) is 11.6 Å². The monoisotopic (exact) mass is 255 g/mol. The summed E-state index contributed by atoms with van der Waals surface area (Å²) in [5.41, 5.74) is 3.64. The Hall–Kier alpha value is -1.87. The first-order valence-corrected chi connectivity index (χ1v) is 6.71. The second kappa shape index (κ2) is 5.41. The minimum absolute atomic E-state index is 0.173. The summed E-state index contributed by atoms with van der Waals surface area (Å²) in [5.74, 6) is 1.45. The molecule has 1 aliphatic rings. The highest BCUT2D eigenvalue weighted by Crippen LogP contribution is 2.25. The van der Waals surface area contributed by atoms with Crippen LogP contribution in [-0.2, 0) is 19.3 Å². The van der Waals surface area contributed by atoms with Crippen molar-refractivity contribution in [3.05, 3.63) is 53.2 Å². The van der Waals surface area contributed by atoms with Gasteiger partial charge in [0.25, 0.3) is 0 Å². The third-order valence-electron chi connectivity index (χ3n) is 3.45. The number of aliphatic hydroxyl groups excluding tert-OH is 1. The summed E-state index contributed by atoms with van der Waals surface area (Å²) in [5, 5.41) is 8.87. The predicted molar refractivity (Wildman–Crippen MR) is 73.6 cm³/mol. The molecular formula is C16H17NO2. The van der Waals surface area contributed by atoms with Crippen LogP contribution >= 0.6 is 0 Å². The highest BCUT2D eigenvalue weighted by Gasteiger charge is 2.13. The Bertz CT molecular complexity index is 563. The maximum absolute atomic E-state index is 8.87. The number of aliphatic hydroxyl groups is 1. The molecule has 0 fully saturated rings. The van der Waals surface area contributed by atoms with Gasteiger partial charge in [0.05, 0.1) is 0 Å². The summed E-state index contributed by atoms with van der Waals surface area (Å²) in [6.07, 6.45) is 4.07. The Morgan fingerprint density at radius 1 is 1.05 bits per heavy atom. The number of aromatic nitrogens is 1. The molecule has 3 heteroatoms. The molecule has 0 aliphatic heterocycles. The van der Waals surface area contributed by atoms with Gasteiger partial charge in [0.1, 0.15) is 5.75 Å². The van der Waals surface area contributed by atoms with Crippen LogP contribution in [0, 0.1) is 0 Å². The Morgan fingerprint density at radius 3 is 2.68 bits per heavy atom. The summed E-state index contributed by atoms with van der Waals surface area (Å²) >= 11 is 0. The van der Waals surface area contributed by atoms with Gasteiger partial charge in [0, 0.05) is 18.4 Å². The Labute approximate surface area is 112 Å². The fourth-order valence-electron chi connectivity index (χ4n) is 2.43. The van der Waals surface area contributed by atoms with E-state index in [2.05, 4.69) is 11.1 Å². The van der Waals surface area contributed by atoms with Gasteiger partial charge in [-0.1, -0.05) is 18.2 Å². The largest absolute Gasteiger partial charge is 0.439 e. The molecule has 0 atom stereocenters. The van der Waals surface area contributed by atoms with Crippen molar-refractivity contribution in [2.24, 2.45) is 0 Å². The lowest BCUT2D eigenvalue weighted by atomic mass is 10.1. The third kappa shape index (κ3) is 2.76. The average molecular weight is 255 g/mol. The molecule has 1 N–H and O–H groups in total. The van der Waals surface area contributed by atoms with Gasteiger partial charge >= 0.3 is 0 Å². The average Bonchev–Trinajstić information content (AvgIpc) is 2.89. The van der Waals surface area contributed by atoms with Crippen LogP contribution in [0.25, 0.3) is 0 Å². The number of nitrogens with zero attached hydrogens (tertiary/aromatic N) is 1. The van der Waals surface area contributed by atoms with E-state index in [0.29, 0.717) is 12.3 Å². The Balaban J connectivity index is 1.74. The first-order valence-electron chi connectivity index (χ1n) is 6.71. The van der Waals surface area contributed by atoms with Gasteiger partial charge in [-0.05, 0) is 48.9 Å². The molecule has 3 nitrogen and oxygen atoms in total. The first-order chi connectivity index (χ1) is 9.35. The lowest BCUT2D eigenvalue weighted by Gasteiger charge is -2.07. The van der Waals surface area contributed by atoms with Gasteiger partial charge in [0.2, 0.25) is 5.88 Å². The zero-order valence-corrected chi connectivity index (χ0v) is 10.8. The van der Waals surface area contributed by atoms with Crippen LogP contribution in [0.2, 0.25) is 0 Å². The number of benzene rings is 1. The van der Waals surface area contributed by atoms with Crippen LogP contribution in [-0.4, -0.2) is 16.7 Å². The van der Waals surface area contributed by atoms with E-state index in [0.717, 1.165) is 24.2 Å². The molecule has 1 heterocycles. The maximum atomic E-state index is 8.87. The smallest absolute Gasteiger partial charge is 0.219 e. The van der Waals surface area contributed by atoms with Gasteiger partial charge in [-0.25, -0.2) is 4.98 Å². The van der Waals surface area contributed by atoms with Crippen LogP contribution in [0.1, 0.15) is 23.2 Å². The summed E-state index contributed by atoms with van der Waals surface area (Å²) in [6.45, 7) is 0.173. The number of hydrogen-bond donors (Lipinski definition) is 1. The molecule has 98 valence electrons. The second-order valence-electron chi connectivity index (χ2n) is 4.83. The molecule has 0 spiro atoms. The van der Waals surface area contributed by atoms with E-state index in [-0.39, 0.29) is 6.61 Å². The standard InChI is InChI=1S/C16H17NO2/c18-11-10-12-4-7-14(8-5-12)19-16-9-6-13-2-1-3-15(13)17-16/h4-9,18H,1-3,10-11H2.